The van der Waals surface area contributed by atoms with E-state index in [1.807, 2.05) is 0 Å². The van der Waals surface area contributed by atoms with Crippen molar-refractivity contribution in [3.05, 3.63) is 66.1 Å². The smallest absolute Gasteiger partial charge is 0.325 e. The normalized spacial score (nSPS) is 17.4. The van der Waals surface area contributed by atoms with Crippen molar-refractivity contribution < 1.29 is 22.7 Å². The zero-order valence-corrected chi connectivity index (χ0v) is 16.3. The van der Waals surface area contributed by atoms with Gasteiger partial charge in [0.25, 0.3) is 0 Å². The quantitative estimate of drug-likeness (QED) is 0.665. The number of hydrogen-bond donors (Lipinski definition) is 2. The van der Waals surface area contributed by atoms with Gasteiger partial charge in [0.05, 0.1) is 4.90 Å². The summed E-state index contributed by atoms with van der Waals surface area (Å²) < 4.78 is 40.4. The van der Waals surface area contributed by atoms with Gasteiger partial charge in [-0.15, -0.1) is 0 Å². The summed E-state index contributed by atoms with van der Waals surface area (Å²) >= 11 is 0. The predicted molar refractivity (Wildman–Crippen MR) is 105 cm³/mol. The molecule has 0 spiro atoms. The number of sulfonamides is 1. The number of nitrogens with one attached hydrogen (secondary N) is 1. The molecule has 3 aromatic rings. The number of fused-ring (bicyclic) bond motifs is 1. The lowest BCUT2D eigenvalue weighted by Crippen LogP contribution is -2.50. The van der Waals surface area contributed by atoms with Crippen molar-refractivity contribution in [2.45, 2.75) is 10.9 Å². The molecule has 1 aromatic heterocycles. The minimum Gasteiger partial charge on any atom is -0.480 e. The molecule has 9 heteroatoms. The van der Waals surface area contributed by atoms with Gasteiger partial charge in [0, 0.05) is 48.8 Å². The van der Waals surface area contributed by atoms with E-state index < -0.39 is 27.9 Å². The molecular weight excluding hydrogens is 397 g/mol. The van der Waals surface area contributed by atoms with Gasteiger partial charge >= 0.3 is 5.97 Å². The predicted octanol–water partition coefficient (Wildman–Crippen LogP) is 2.44. The molecule has 1 fully saturated rings. The number of aromatic amines is 1. The highest BCUT2D eigenvalue weighted by atomic mass is 32.2. The van der Waals surface area contributed by atoms with E-state index in [4.69, 9.17) is 0 Å². The second-order valence-electron chi connectivity index (χ2n) is 6.93. The number of piperazine rings is 1. The molecule has 0 unspecified atom stereocenters. The van der Waals surface area contributed by atoms with E-state index in [0.717, 1.165) is 0 Å². The number of carboxylic acid groups (broad SMARTS) is 1. The van der Waals surface area contributed by atoms with Crippen LogP contribution in [0.2, 0.25) is 0 Å². The highest BCUT2D eigenvalue weighted by Gasteiger charge is 2.35. The van der Waals surface area contributed by atoms with Gasteiger partial charge in [-0.2, -0.15) is 4.31 Å². The molecule has 2 N–H and O–H groups in total. The van der Waals surface area contributed by atoms with Crippen LogP contribution in [0.4, 0.5) is 4.39 Å². The third-order valence-corrected chi connectivity index (χ3v) is 7.14. The summed E-state index contributed by atoms with van der Waals surface area (Å²) in [5.74, 6) is -1.44. The highest BCUT2D eigenvalue weighted by molar-refractivity contribution is 7.89. The van der Waals surface area contributed by atoms with Crippen molar-refractivity contribution in [2.24, 2.45) is 0 Å². The molecule has 1 atom stereocenters. The number of aliphatic carboxylic acids is 1. The Morgan fingerprint density at radius 2 is 1.76 bits per heavy atom. The third kappa shape index (κ3) is 3.64. The minimum atomic E-state index is -3.61. The summed E-state index contributed by atoms with van der Waals surface area (Å²) in [5.41, 5.74) is 1.06. The van der Waals surface area contributed by atoms with Crippen molar-refractivity contribution in [3.63, 3.8) is 0 Å². The summed E-state index contributed by atoms with van der Waals surface area (Å²) in [6.45, 7) is 0.934. The van der Waals surface area contributed by atoms with E-state index in [0.29, 0.717) is 16.5 Å². The Labute approximate surface area is 167 Å². The number of benzene rings is 2. The summed E-state index contributed by atoms with van der Waals surface area (Å²) in [6.07, 6.45) is 1.58. The van der Waals surface area contributed by atoms with Crippen LogP contribution in [0.3, 0.4) is 0 Å². The number of hydrogen-bond acceptors (Lipinski definition) is 4. The van der Waals surface area contributed by atoms with Crippen LogP contribution in [-0.4, -0.2) is 59.9 Å². The molecule has 0 aliphatic carbocycles. The molecule has 7 nitrogen and oxygen atoms in total. The van der Waals surface area contributed by atoms with Crippen LogP contribution >= 0.6 is 0 Å². The van der Waals surface area contributed by atoms with Crippen molar-refractivity contribution >= 4 is 26.9 Å². The average Bonchev–Trinajstić information content (AvgIpc) is 3.11. The number of halogens is 1. The molecule has 0 bridgehead atoms. The van der Waals surface area contributed by atoms with Crippen LogP contribution in [0.1, 0.15) is 11.6 Å². The average molecular weight is 417 g/mol. The first-order valence-corrected chi connectivity index (χ1v) is 10.6. The molecule has 152 valence electrons. The molecule has 1 aliphatic heterocycles. The van der Waals surface area contributed by atoms with E-state index in [1.165, 1.54) is 16.4 Å². The van der Waals surface area contributed by atoms with E-state index in [2.05, 4.69) is 4.98 Å². The Bertz CT molecular complexity index is 1140. The number of aromatic nitrogens is 1. The van der Waals surface area contributed by atoms with Crippen molar-refractivity contribution in [1.82, 2.24) is 14.2 Å². The lowest BCUT2D eigenvalue weighted by molar-refractivity contribution is -0.144. The second kappa shape index (κ2) is 7.58. The Morgan fingerprint density at radius 1 is 1.07 bits per heavy atom. The van der Waals surface area contributed by atoms with Crippen LogP contribution in [0.15, 0.2) is 59.6 Å². The summed E-state index contributed by atoms with van der Waals surface area (Å²) in [5, 5.41) is 10.5. The molecule has 1 aliphatic rings. The molecule has 0 saturated carbocycles. The molecule has 1 saturated heterocycles. The largest absolute Gasteiger partial charge is 0.480 e. The SMILES string of the molecule is O=C(O)[C@H](c1c[nH]c2cc(F)ccc12)N1CCN(S(=O)(=O)c2ccccc2)CC1. The molecule has 0 amide bonds. The van der Waals surface area contributed by atoms with E-state index in [9.17, 15) is 22.7 Å². The van der Waals surface area contributed by atoms with Gasteiger partial charge in [0.15, 0.2) is 0 Å². The van der Waals surface area contributed by atoms with Crippen LogP contribution in [0.5, 0.6) is 0 Å². The van der Waals surface area contributed by atoms with Crippen molar-refractivity contribution in [3.8, 4) is 0 Å². The Hall–Kier alpha value is -2.75. The highest BCUT2D eigenvalue weighted by Crippen LogP contribution is 2.30. The maximum absolute atomic E-state index is 13.4. The molecule has 29 heavy (non-hydrogen) atoms. The van der Waals surface area contributed by atoms with Crippen LogP contribution in [-0.2, 0) is 14.8 Å². The Kier molecular flexibility index (Phi) is 5.12. The van der Waals surface area contributed by atoms with E-state index in [-0.39, 0.29) is 31.1 Å². The fourth-order valence-corrected chi connectivity index (χ4v) is 5.22. The monoisotopic (exact) mass is 417 g/mol. The van der Waals surface area contributed by atoms with Crippen molar-refractivity contribution in [1.29, 1.82) is 0 Å². The fraction of sp³-hybridized carbons (Fsp3) is 0.250. The Balaban J connectivity index is 1.56. The minimum absolute atomic E-state index is 0.192. The third-order valence-electron chi connectivity index (χ3n) is 5.22. The maximum Gasteiger partial charge on any atom is 0.325 e. The number of nitrogens with zero attached hydrogens (tertiary/aromatic N) is 2. The van der Waals surface area contributed by atoms with Crippen LogP contribution in [0.25, 0.3) is 10.9 Å². The number of H-pyrrole nitrogens is 1. The first kappa shape index (κ1) is 19.6. The summed E-state index contributed by atoms with van der Waals surface area (Å²) in [4.78, 5) is 16.9. The summed E-state index contributed by atoms with van der Waals surface area (Å²) in [7, 11) is -3.61. The van der Waals surface area contributed by atoms with Crippen LogP contribution in [0, 0.1) is 5.82 Å². The van der Waals surface area contributed by atoms with Crippen LogP contribution < -0.4 is 0 Å². The number of rotatable bonds is 5. The second-order valence-corrected chi connectivity index (χ2v) is 8.87. The van der Waals surface area contributed by atoms with Gasteiger partial charge in [-0.05, 0) is 30.3 Å². The van der Waals surface area contributed by atoms with Gasteiger partial charge in [-0.25, -0.2) is 12.8 Å². The first-order valence-electron chi connectivity index (χ1n) is 9.16. The lowest BCUT2D eigenvalue weighted by atomic mass is 10.0. The molecule has 0 radical (unpaired) electrons. The fourth-order valence-electron chi connectivity index (χ4n) is 3.78. The zero-order chi connectivity index (χ0) is 20.6. The zero-order valence-electron chi connectivity index (χ0n) is 15.5. The standard InChI is InChI=1S/C20H20FN3O4S/c21-14-6-7-16-17(13-22-18(16)12-14)19(20(25)26)23-8-10-24(11-9-23)29(27,28)15-4-2-1-3-5-15/h1-7,12-13,19,22H,8-11H2,(H,25,26)/t19-/m0/s1. The number of carboxylic acids is 1. The number of carbonyl (C=O) groups is 1. The molecule has 2 heterocycles. The lowest BCUT2D eigenvalue weighted by Gasteiger charge is -2.37. The van der Waals surface area contributed by atoms with Gasteiger partial charge in [-0.1, -0.05) is 18.2 Å². The van der Waals surface area contributed by atoms with Gasteiger partial charge in [-0.3, -0.25) is 9.69 Å². The Morgan fingerprint density at radius 3 is 2.41 bits per heavy atom. The first-order chi connectivity index (χ1) is 13.9. The van der Waals surface area contributed by atoms with E-state index in [1.54, 1.807) is 47.5 Å². The maximum atomic E-state index is 13.4. The van der Waals surface area contributed by atoms with Gasteiger partial charge in [0.2, 0.25) is 10.0 Å². The van der Waals surface area contributed by atoms with E-state index >= 15 is 0 Å². The summed E-state index contributed by atoms with van der Waals surface area (Å²) in [6, 6.07) is 11.4. The molecular formula is C20H20FN3O4S. The van der Waals surface area contributed by atoms with Gasteiger partial charge < -0.3 is 10.1 Å². The molecule has 4 rings (SSSR count). The van der Waals surface area contributed by atoms with Gasteiger partial charge in [0.1, 0.15) is 11.9 Å². The topological polar surface area (TPSA) is 93.7 Å². The van der Waals surface area contributed by atoms with Crippen molar-refractivity contribution in [2.75, 3.05) is 26.2 Å². The molecule has 2 aromatic carbocycles.